The van der Waals surface area contributed by atoms with Crippen LogP contribution in [0.25, 0.3) is 21.8 Å². The topological polar surface area (TPSA) is 40.7 Å². The first-order valence-corrected chi connectivity index (χ1v) is 6.99. The summed E-state index contributed by atoms with van der Waals surface area (Å²) in [6, 6.07) is 10.5. The molecule has 1 aromatic carbocycles. The predicted molar refractivity (Wildman–Crippen MR) is 81.6 cm³/mol. The van der Waals surface area contributed by atoms with Crippen LogP contribution in [0.15, 0.2) is 36.5 Å². The molecule has 0 aliphatic heterocycles. The number of unbranched alkanes of at least 4 members (excludes halogenated alkanes) is 2. The Morgan fingerprint density at radius 2 is 2.00 bits per heavy atom. The molecule has 0 aliphatic rings. The van der Waals surface area contributed by atoms with Crippen LogP contribution in [0, 0.1) is 0 Å². The van der Waals surface area contributed by atoms with E-state index in [0.29, 0.717) is 0 Å². The van der Waals surface area contributed by atoms with Crippen molar-refractivity contribution in [3.8, 4) is 0 Å². The molecule has 0 saturated carbocycles. The molecule has 3 nitrogen and oxygen atoms in total. The number of hydrogen-bond acceptors (Lipinski definition) is 2. The normalized spacial score (nSPS) is 11.2. The largest absolute Gasteiger partial charge is 0.370 e. The van der Waals surface area contributed by atoms with Gasteiger partial charge in [-0.05, 0) is 18.6 Å². The maximum absolute atomic E-state index is 4.46. The number of aromatic nitrogens is 2. The zero-order valence-corrected chi connectivity index (χ0v) is 11.2. The second kappa shape index (κ2) is 5.31. The van der Waals surface area contributed by atoms with Crippen molar-refractivity contribution >= 4 is 27.6 Å². The SMILES string of the molecule is CCCCCNc1cc2c(cn1)[nH]c1ccccc12. The van der Waals surface area contributed by atoms with Crippen LogP contribution in [0.4, 0.5) is 5.82 Å². The fourth-order valence-electron chi connectivity index (χ4n) is 2.44. The van der Waals surface area contributed by atoms with E-state index in [-0.39, 0.29) is 0 Å². The Labute approximate surface area is 113 Å². The second-order valence-corrected chi connectivity index (χ2v) is 4.92. The van der Waals surface area contributed by atoms with E-state index in [1.165, 1.54) is 35.6 Å². The first-order chi connectivity index (χ1) is 9.38. The number of nitrogens with zero attached hydrogens (tertiary/aromatic N) is 1. The third-order valence-corrected chi connectivity index (χ3v) is 3.48. The molecule has 0 bridgehead atoms. The summed E-state index contributed by atoms with van der Waals surface area (Å²) >= 11 is 0. The minimum atomic E-state index is 0.966. The molecule has 98 valence electrons. The molecule has 2 aromatic heterocycles. The number of hydrogen-bond donors (Lipinski definition) is 2. The van der Waals surface area contributed by atoms with Gasteiger partial charge < -0.3 is 10.3 Å². The van der Waals surface area contributed by atoms with E-state index in [2.05, 4.69) is 52.5 Å². The van der Waals surface area contributed by atoms with E-state index < -0.39 is 0 Å². The fraction of sp³-hybridized carbons (Fsp3) is 0.312. The Hall–Kier alpha value is -2.03. The number of aromatic amines is 1. The first kappa shape index (κ1) is 12.0. The van der Waals surface area contributed by atoms with Gasteiger partial charge in [0, 0.05) is 22.8 Å². The molecule has 0 aliphatic carbocycles. The molecule has 0 radical (unpaired) electrons. The minimum absolute atomic E-state index is 0.966. The highest BCUT2D eigenvalue weighted by molar-refractivity contribution is 6.07. The predicted octanol–water partition coefficient (Wildman–Crippen LogP) is 4.32. The summed E-state index contributed by atoms with van der Waals surface area (Å²) in [4.78, 5) is 7.85. The van der Waals surface area contributed by atoms with Gasteiger partial charge in [-0.2, -0.15) is 0 Å². The van der Waals surface area contributed by atoms with E-state index in [1.807, 2.05) is 6.20 Å². The molecule has 3 rings (SSSR count). The van der Waals surface area contributed by atoms with Gasteiger partial charge in [-0.15, -0.1) is 0 Å². The molecule has 3 aromatic rings. The number of nitrogens with one attached hydrogen (secondary N) is 2. The minimum Gasteiger partial charge on any atom is -0.370 e. The molecule has 0 amide bonds. The maximum Gasteiger partial charge on any atom is 0.126 e. The van der Waals surface area contributed by atoms with E-state index >= 15 is 0 Å². The van der Waals surface area contributed by atoms with Gasteiger partial charge in [0.15, 0.2) is 0 Å². The van der Waals surface area contributed by atoms with Crippen LogP contribution < -0.4 is 5.32 Å². The number of fused-ring (bicyclic) bond motifs is 3. The van der Waals surface area contributed by atoms with Crippen molar-refractivity contribution in [1.82, 2.24) is 9.97 Å². The number of benzene rings is 1. The van der Waals surface area contributed by atoms with E-state index in [4.69, 9.17) is 0 Å². The molecule has 3 heteroatoms. The van der Waals surface area contributed by atoms with Gasteiger partial charge in [-0.25, -0.2) is 4.98 Å². The van der Waals surface area contributed by atoms with Crippen molar-refractivity contribution in [1.29, 1.82) is 0 Å². The summed E-state index contributed by atoms with van der Waals surface area (Å²) in [6.45, 7) is 3.21. The fourth-order valence-corrected chi connectivity index (χ4v) is 2.44. The zero-order chi connectivity index (χ0) is 13.1. The van der Waals surface area contributed by atoms with Crippen LogP contribution in [0.3, 0.4) is 0 Å². The van der Waals surface area contributed by atoms with Crippen LogP contribution in [0.2, 0.25) is 0 Å². The summed E-state index contributed by atoms with van der Waals surface area (Å²) in [5, 5.41) is 5.90. The molecule has 0 fully saturated rings. The van der Waals surface area contributed by atoms with Crippen molar-refractivity contribution in [2.24, 2.45) is 0 Å². The van der Waals surface area contributed by atoms with Crippen molar-refractivity contribution in [3.05, 3.63) is 36.5 Å². The molecule has 0 atom stereocenters. The monoisotopic (exact) mass is 253 g/mol. The molecular weight excluding hydrogens is 234 g/mol. The van der Waals surface area contributed by atoms with E-state index in [9.17, 15) is 0 Å². The van der Waals surface area contributed by atoms with Crippen LogP contribution in [-0.2, 0) is 0 Å². The Balaban J connectivity index is 1.89. The summed E-state index contributed by atoms with van der Waals surface area (Å²) in [6.07, 6.45) is 5.63. The molecule has 0 saturated heterocycles. The van der Waals surface area contributed by atoms with Crippen LogP contribution in [0.1, 0.15) is 26.2 Å². The zero-order valence-electron chi connectivity index (χ0n) is 11.2. The quantitative estimate of drug-likeness (QED) is 0.665. The van der Waals surface area contributed by atoms with Gasteiger partial charge in [0.25, 0.3) is 0 Å². The van der Waals surface area contributed by atoms with Gasteiger partial charge in [0.1, 0.15) is 5.82 Å². The van der Waals surface area contributed by atoms with Crippen molar-refractivity contribution in [2.75, 3.05) is 11.9 Å². The molecule has 0 unspecified atom stereocenters. The van der Waals surface area contributed by atoms with Crippen molar-refractivity contribution < 1.29 is 0 Å². The number of rotatable bonds is 5. The molecular formula is C16H19N3. The van der Waals surface area contributed by atoms with Gasteiger partial charge >= 0.3 is 0 Å². The smallest absolute Gasteiger partial charge is 0.126 e. The summed E-state index contributed by atoms with van der Waals surface area (Å²) in [5.74, 6) is 0.966. The van der Waals surface area contributed by atoms with Crippen molar-refractivity contribution in [2.45, 2.75) is 26.2 Å². The third-order valence-electron chi connectivity index (χ3n) is 3.48. The Morgan fingerprint density at radius 1 is 1.11 bits per heavy atom. The summed E-state index contributed by atoms with van der Waals surface area (Å²) in [5.41, 5.74) is 2.27. The summed E-state index contributed by atoms with van der Waals surface area (Å²) < 4.78 is 0. The first-order valence-electron chi connectivity index (χ1n) is 6.99. The highest BCUT2D eigenvalue weighted by atomic mass is 15.0. The third kappa shape index (κ3) is 2.41. The second-order valence-electron chi connectivity index (χ2n) is 4.92. The lowest BCUT2D eigenvalue weighted by Crippen LogP contribution is -2.02. The molecule has 2 heterocycles. The average molecular weight is 253 g/mol. The average Bonchev–Trinajstić information content (AvgIpc) is 2.82. The summed E-state index contributed by atoms with van der Waals surface area (Å²) in [7, 11) is 0. The van der Waals surface area contributed by atoms with Crippen LogP contribution >= 0.6 is 0 Å². The lowest BCUT2D eigenvalue weighted by molar-refractivity contribution is 0.742. The van der Waals surface area contributed by atoms with Gasteiger partial charge in [0.05, 0.1) is 11.7 Å². The Morgan fingerprint density at radius 3 is 2.89 bits per heavy atom. The Bertz CT molecular complexity index is 685. The highest BCUT2D eigenvalue weighted by Crippen LogP contribution is 2.26. The Kier molecular flexibility index (Phi) is 3.36. The van der Waals surface area contributed by atoms with E-state index in [1.54, 1.807) is 0 Å². The molecule has 2 N–H and O–H groups in total. The van der Waals surface area contributed by atoms with Gasteiger partial charge in [-0.1, -0.05) is 38.0 Å². The lowest BCUT2D eigenvalue weighted by Gasteiger charge is -2.04. The van der Waals surface area contributed by atoms with Crippen LogP contribution in [-0.4, -0.2) is 16.5 Å². The van der Waals surface area contributed by atoms with Gasteiger partial charge in [-0.3, -0.25) is 0 Å². The van der Waals surface area contributed by atoms with Gasteiger partial charge in [0.2, 0.25) is 0 Å². The lowest BCUT2D eigenvalue weighted by atomic mass is 10.2. The number of anilines is 1. The number of para-hydroxylation sites is 1. The standard InChI is InChI=1S/C16H19N3/c1-2-3-6-9-17-16-10-13-12-7-4-5-8-14(12)19-15(13)11-18-16/h4-5,7-8,10-11,19H,2-3,6,9H2,1H3,(H,17,18). The number of pyridine rings is 1. The van der Waals surface area contributed by atoms with E-state index in [0.717, 1.165) is 17.9 Å². The molecule has 19 heavy (non-hydrogen) atoms. The molecule has 0 spiro atoms. The highest BCUT2D eigenvalue weighted by Gasteiger charge is 2.04. The number of H-pyrrole nitrogens is 1. The maximum atomic E-state index is 4.46. The van der Waals surface area contributed by atoms with Crippen LogP contribution in [0.5, 0.6) is 0 Å². The van der Waals surface area contributed by atoms with Crippen molar-refractivity contribution in [3.63, 3.8) is 0 Å².